The van der Waals surface area contributed by atoms with Gasteiger partial charge in [0.2, 0.25) is 0 Å². The van der Waals surface area contributed by atoms with Crippen LogP contribution in [0, 0.1) is 0 Å². The average Bonchev–Trinajstić information content (AvgIpc) is 2.38. The Morgan fingerprint density at radius 3 is 2.75 bits per heavy atom. The van der Waals surface area contributed by atoms with Crippen molar-refractivity contribution in [2.75, 3.05) is 27.2 Å². The molecule has 20 heavy (non-hydrogen) atoms. The number of ether oxygens (including phenoxy) is 2. The van der Waals surface area contributed by atoms with Gasteiger partial charge in [-0.3, -0.25) is 4.90 Å². The first-order valence-electron chi connectivity index (χ1n) is 6.71. The van der Waals surface area contributed by atoms with E-state index >= 15 is 0 Å². The molecular weight excluding hydrogens is 278 g/mol. The molecule has 1 unspecified atom stereocenters. The molecule has 0 radical (unpaired) electrons. The maximum atomic E-state index is 10.8. The van der Waals surface area contributed by atoms with Gasteiger partial charge in [-0.25, -0.2) is 0 Å². The van der Waals surface area contributed by atoms with Crippen molar-refractivity contribution in [3.63, 3.8) is 0 Å². The summed E-state index contributed by atoms with van der Waals surface area (Å²) in [6.45, 7) is 3.78. The van der Waals surface area contributed by atoms with E-state index in [-0.39, 0.29) is 12.0 Å². The molecule has 1 aromatic rings. The Balaban J connectivity index is 2.31. The van der Waals surface area contributed by atoms with Crippen LogP contribution in [0.15, 0.2) is 12.1 Å². The molecule has 1 aliphatic rings. The number of nitrogens with zero attached hydrogens (tertiary/aromatic N) is 1. The predicted octanol–water partition coefficient (Wildman–Crippen LogP) is 2.73. The van der Waals surface area contributed by atoms with Crippen LogP contribution in [0.1, 0.15) is 24.8 Å². The molecule has 1 aromatic carbocycles. The van der Waals surface area contributed by atoms with Gasteiger partial charge >= 0.3 is 0 Å². The van der Waals surface area contributed by atoms with Crippen LogP contribution in [-0.4, -0.2) is 44.5 Å². The molecule has 4 nitrogen and oxygen atoms in total. The number of hydrogen-bond acceptors (Lipinski definition) is 4. The van der Waals surface area contributed by atoms with Crippen LogP contribution < -0.4 is 9.47 Å². The molecule has 0 spiro atoms. The number of rotatable bonds is 6. The van der Waals surface area contributed by atoms with Crippen molar-refractivity contribution in [1.29, 1.82) is 0 Å². The highest BCUT2D eigenvalue weighted by molar-refractivity contribution is 6.30. The van der Waals surface area contributed by atoms with E-state index in [0.717, 1.165) is 24.9 Å². The van der Waals surface area contributed by atoms with Crippen molar-refractivity contribution in [3.05, 3.63) is 22.7 Å². The number of halogens is 1. The Kier molecular flexibility index (Phi) is 4.89. The molecule has 1 heterocycles. The van der Waals surface area contributed by atoms with E-state index in [4.69, 9.17) is 21.1 Å². The SMILES string of the molecule is COc1cc(Cl)cc(C(C)CC=O)c1OC1CN(C)C1. The van der Waals surface area contributed by atoms with Crippen LogP contribution in [0.25, 0.3) is 0 Å². The molecule has 5 heteroatoms. The van der Waals surface area contributed by atoms with Crippen LogP contribution in [0.4, 0.5) is 0 Å². The van der Waals surface area contributed by atoms with Crippen molar-refractivity contribution in [2.24, 2.45) is 0 Å². The molecule has 1 atom stereocenters. The zero-order valence-corrected chi connectivity index (χ0v) is 12.8. The predicted molar refractivity (Wildman–Crippen MR) is 79.0 cm³/mol. The number of methoxy groups -OCH3 is 1. The Labute approximate surface area is 124 Å². The van der Waals surface area contributed by atoms with Gasteiger partial charge in [-0.15, -0.1) is 0 Å². The summed E-state index contributed by atoms with van der Waals surface area (Å²) < 4.78 is 11.4. The van der Waals surface area contributed by atoms with E-state index in [0.29, 0.717) is 22.9 Å². The maximum Gasteiger partial charge on any atom is 0.165 e. The van der Waals surface area contributed by atoms with Crippen molar-refractivity contribution in [1.82, 2.24) is 4.90 Å². The molecule has 0 amide bonds. The molecule has 1 saturated heterocycles. The number of aldehydes is 1. The quantitative estimate of drug-likeness (QED) is 0.757. The summed E-state index contributed by atoms with van der Waals surface area (Å²) >= 11 is 6.12. The van der Waals surface area contributed by atoms with E-state index < -0.39 is 0 Å². The summed E-state index contributed by atoms with van der Waals surface area (Å²) in [6.07, 6.45) is 1.51. The lowest BCUT2D eigenvalue weighted by molar-refractivity contribution is -0.108. The fourth-order valence-electron chi connectivity index (χ4n) is 2.39. The first kappa shape index (κ1) is 15.1. The van der Waals surface area contributed by atoms with Crippen LogP contribution >= 0.6 is 11.6 Å². The zero-order valence-electron chi connectivity index (χ0n) is 12.1. The van der Waals surface area contributed by atoms with Crippen molar-refractivity contribution in [2.45, 2.75) is 25.4 Å². The number of hydrogen-bond donors (Lipinski definition) is 0. The van der Waals surface area contributed by atoms with Crippen LogP contribution in [0.3, 0.4) is 0 Å². The second-order valence-corrected chi connectivity index (χ2v) is 5.73. The van der Waals surface area contributed by atoms with E-state index in [1.807, 2.05) is 13.0 Å². The molecule has 1 aliphatic heterocycles. The number of likely N-dealkylation sites (N-methyl/N-ethyl adjacent to an activating group) is 1. The minimum Gasteiger partial charge on any atom is -0.493 e. The highest BCUT2D eigenvalue weighted by Gasteiger charge is 2.28. The lowest BCUT2D eigenvalue weighted by Crippen LogP contribution is -2.51. The smallest absolute Gasteiger partial charge is 0.165 e. The van der Waals surface area contributed by atoms with Crippen LogP contribution in [0.5, 0.6) is 11.5 Å². The van der Waals surface area contributed by atoms with Gasteiger partial charge in [-0.1, -0.05) is 18.5 Å². The third kappa shape index (κ3) is 3.25. The fraction of sp³-hybridized carbons (Fsp3) is 0.533. The second-order valence-electron chi connectivity index (χ2n) is 5.29. The zero-order chi connectivity index (χ0) is 14.7. The monoisotopic (exact) mass is 297 g/mol. The summed E-state index contributed by atoms with van der Waals surface area (Å²) in [7, 11) is 3.65. The molecule has 0 N–H and O–H groups in total. The van der Waals surface area contributed by atoms with Crippen LogP contribution in [-0.2, 0) is 4.79 Å². The first-order valence-corrected chi connectivity index (χ1v) is 7.09. The molecule has 0 aromatic heterocycles. The third-order valence-corrected chi connectivity index (χ3v) is 3.78. The maximum absolute atomic E-state index is 10.8. The van der Waals surface area contributed by atoms with E-state index in [2.05, 4.69) is 11.9 Å². The van der Waals surface area contributed by atoms with Crippen molar-refractivity contribution < 1.29 is 14.3 Å². The lowest BCUT2D eigenvalue weighted by Gasteiger charge is -2.37. The standard InChI is InChI=1S/C15H20ClNO3/c1-10(4-5-18)13-6-11(16)7-14(19-3)15(13)20-12-8-17(2)9-12/h5-7,10,12H,4,8-9H2,1-3H3. The molecule has 0 aliphatic carbocycles. The Hall–Kier alpha value is -1.26. The van der Waals surface area contributed by atoms with E-state index in [9.17, 15) is 4.79 Å². The van der Waals surface area contributed by atoms with Gasteiger partial charge in [0.1, 0.15) is 12.4 Å². The molecular formula is C15H20ClNO3. The number of benzene rings is 1. The summed E-state index contributed by atoms with van der Waals surface area (Å²) in [6, 6.07) is 3.60. The number of carbonyl (C=O) groups is 1. The molecule has 2 rings (SSSR count). The molecule has 110 valence electrons. The number of likely N-dealkylation sites (tertiary alicyclic amines) is 1. The summed E-state index contributed by atoms with van der Waals surface area (Å²) in [5.74, 6) is 1.39. The van der Waals surface area contributed by atoms with E-state index in [1.165, 1.54) is 0 Å². The van der Waals surface area contributed by atoms with Gasteiger partial charge in [0, 0.05) is 36.2 Å². The topological polar surface area (TPSA) is 38.8 Å². The largest absolute Gasteiger partial charge is 0.493 e. The normalized spacial score (nSPS) is 17.4. The van der Waals surface area contributed by atoms with Gasteiger partial charge in [0.15, 0.2) is 11.5 Å². The minimum atomic E-state index is 0.0490. The van der Waals surface area contributed by atoms with Gasteiger partial charge in [-0.2, -0.15) is 0 Å². The highest BCUT2D eigenvalue weighted by Crippen LogP contribution is 2.40. The Morgan fingerprint density at radius 2 is 2.20 bits per heavy atom. The van der Waals surface area contributed by atoms with Gasteiger partial charge in [0.25, 0.3) is 0 Å². The number of carbonyl (C=O) groups excluding carboxylic acids is 1. The Morgan fingerprint density at radius 1 is 1.50 bits per heavy atom. The second kappa shape index (κ2) is 6.46. The van der Waals surface area contributed by atoms with Gasteiger partial charge in [-0.05, 0) is 19.0 Å². The summed E-state index contributed by atoms with van der Waals surface area (Å²) in [5.41, 5.74) is 0.927. The highest BCUT2D eigenvalue weighted by atomic mass is 35.5. The first-order chi connectivity index (χ1) is 9.55. The average molecular weight is 298 g/mol. The van der Waals surface area contributed by atoms with Gasteiger partial charge < -0.3 is 14.3 Å². The molecule has 1 fully saturated rings. The Bertz CT molecular complexity index is 486. The third-order valence-electron chi connectivity index (χ3n) is 3.56. The minimum absolute atomic E-state index is 0.0490. The van der Waals surface area contributed by atoms with Crippen molar-refractivity contribution in [3.8, 4) is 11.5 Å². The molecule has 0 saturated carbocycles. The summed E-state index contributed by atoms with van der Waals surface area (Å²) in [5, 5.41) is 0.590. The van der Waals surface area contributed by atoms with Gasteiger partial charge in [0.05, 0.1) is 7.11 Å². The van der Waals surface area contributed by atoms with Crippen LogP contribution in [0.2, 0.25) is 5.02 Å². The van der Waals surface area contributed by atoms with Crippen molar-refractivity contribution >= 4 is 17.9 Å². The molecule has 0 bridgehead atoms. The van der Waals surface area contributed by atoms with E-state index in [1.54, 1.807) is 13.2 Å². The fourth-order valence-corrected chi connectivity index (χ4v) is 2.60. The lowest BCUT2D eigenvalue weighted by atomic mass is 9.97. The summed E-state index contributed by atoms with van der Waals surface area (Å²) in [4.78, 5) is 12.9.